The van der Waals surface area contributed by atoms with Gasteiger partial charge in [0, 0.05) is 85.3 Å². The highest BCUT2D eigenvalue weighted by Gasteiger charge is 2.44. The third kappa shape index (κ3) is 15.0. The number of Topliss-reactive ketones (excluding diaryl/α,β-unsaturated/α-hetero) is 2. The van der Waals surface area contributed by atoms with E-state index in [9.17, 15) is 43.5 Å². The zero-order valence-electron chi connectivity index (χ0n) is 41.7. The molecule has 15 heteroatoms. The molecule has 9 atom stereocenters. The number of carbonyl (C=O) groups is 8. The monoisotopic (exact) mass is 925 g/mol. The van der Waals surface area contributed by atoms with Crippen LogP contribution in [0.25, 0.3) is 0 Å². The smallest absolute Gasteiger partial charge is 0.307 e. The van der Waals surface area contributed by atoms with E-state index in [-0.39, 0.29) is 104 Å². The van der Waals surface area contributed by atoms with Gasteiger partial charge in [0.15, 0.2) is 5.78 Å². The van der Waals surface area contributed by atoms with Crippen LogP contribution in [0, 0.1) is 35.5 Å². The first-order chi connectivity index (χ1) is 31.2. The summed E-state index contributed by atoms with van der Waals surface area (Å²) in [4.78, 5) is 113. The normalized spacial score (nSPS) is 19.0. The average molecular weight is 925 g/mol. The molecule has 0 saturated carbocycles. The molecule has 0 radical (unpaired) electrons. The van der Waals surface area contributed by atoms with Gasteiger partial charge in [0.25, 0.3) is 0 Å². The Bertz CT molecular complexity index is 1790. The van der Waals surface area contributed by atoms with Crippen LogP contribution >= 0.6 is 0 Å². The highest BCUT2D eigenvalue weighted by Crippen LogP contribution is 2.32. The highest BCUT2D eigenvalue weighted by atomic mass is 16.5. The Labute approximate surface area is 393 Å². The fourth-order valence-corrected chi connectivity index (χ4v) is 10.1. The summed E-state index contributed by atoms with van der Waals surface area (Å²) in [5, 5.41) is 10.0. The number of likely N-dealkylation sites (tertiary alicyclic amines) is 2. The van der Waals surface area contributed by atoms with Gasteiger partial charge in [-0.3, -0.25) is 43.3 Å². The van der Waals surface area contributed by atoms with E-state index in [0.717, 1.165) is 5.56 Å². The molecule has 2 fully saturated rings. The first kappa shape index (κ1) is 55.8. The molecule has 15 nitrogen and oxygen atoms in total. The van der Waals surface area contributed by atoms with Crippen LogP contribution in [0.5, 0.6) is 0 Å². The zero-order chi connectivity index (χ0) is 49.4. The van der Waals surface area contributed by atoms with Crippen LogP contribution < -0.4 is 0 Å². The van der Waals surface area contributed by atoms with Gasteiger partial charge in [-0.1, -0.05) is 91.6 Å². The number of hydrogen-bond donors (Lipinski definition) is 1. The predicted molar refractivity (Wildman–Crippen MR) is 251 cm³/mol. The minimum Gasteiger partial charge on any atom is -0.481 e. The van der Waals surface area contributed by atoms with Crippen LogP contribution in [-0.2, 0) is 54.3 Å². The van der Waals surface area contributed by atoms with Crippen LogP contribution in [0.15, 0.2) is 30.3 Å². The number of hydrogen-bond acceptors (Lipinski definition) is 10. The van der Waals surface area contributed by atoms with E-state index in [1.807, 2.05) is 71.9 Å². The summed E-state index contributed by atoms with van der Waals surface area (Å²) in [6.07, 6.45) is 3.05. The number of carboxylic acid groups (broad SMARTS) is 1. The molecule has 370 valence electrons. The molecule has 3 rings (SSSR count). The molecule has 5 amide bonds. The molecule has 2 saturated heterocycles. The van der Waals surface area contributed by atoms with Gasteiger partial charge >= 0.3 is 5.97 Å². The van der Waals surface area contributed by atoms with Crippen molar-refractivity contribution in [3.8, 4) is 0 Å². The molecule has 2 aliphatic rings. The van der Waals surface area contributed by atoms with E-state index in [1.165, 1.54) is 24.0 Å². The van der Waals surface area contributed by atoms with Crippen molar-refractivity contribution in [2.24, 2.45) is 35.5 Å². The summed E-state index contributed by atoms with van der Waals surface area (Å²) in [6.45, 7) is 14.1. The highest BCUT2D eigenvalue weighted by molar-refractivity contribution is 6.01. The maximum absolute atomic E-state index is 14.6. The van der Waals surface area contributed by atoms with E-state index < -0.39 is 54.1 Å². The van der Waals surface area contributed by atoms with Gasteiger partial charge in [-0.05, 0) is 55.4 Å². The van der Waals surface area contributed by atoms with Crippen molar-refractivity contribution < 1.29 is 52.9 Å². The number of nitrogens with zero attached hydrogens (tertiary/aromatic N) is 4. The molecular formula is C51H80N4O11. The molecule has 2 heterocycles. The van der Waals surface area contributed by atoms with Gasteiger partial charge < -0.3 is 29.3 Å². The third-order valence-electron chi connectivity index (χ3n) is 14.2. The fourth-order valence-electron chi connectivity index (χ4n) is 10.1. The number of imide groups is 1. The molecular weight excluding hydrogens is 845 g/mol. The number of likely N-dealkylation sites (N-methyl/N-ethyl adjacent to an activating group) is 2. The number of ether oxygens (including phenoxy) is 2. The number of rotatable bonds is 29. The summed E-state index contributed by atoms with van der Waals surface area (Å²) in [6, 6.07) is 7.50. The first-order valence-electron chi connectivity index (χ1n) is 24.2. The van der Waals surface area contributed by atoms with Crippen molar-refractivity contribution in [3.63, 3.8) is 0 Å². The largest absolute Gasteiger partial charge is 0.481 e. The zero-order valence-corrected chi connectivity index (χ0v) is 41.7. The van der Waals surface area contributed by atoms with Crippen LogP contribution in [0.2, 0.25) is 0 Å². The summed E-state index contributed by atoms with van der Waals surface area (Å²) >= 11 is 0. The van der Waals surface area contributed by atoms with Crippen molar-refractivity contribution >= 4 is 47.1 Å². The molecule has 2 aliphatic heterocycles. The summed E-state index contributed by atoms with van der Waals surface area (Å²) in [5.41, 5.74) is 0.830. The number of aliphatic carboxylic acids is 1. The summed E-state index contributed by atoms with van der Waals surface area (Å²) in [5.74, 6) is -5.27. The molecule has 0 unspecified atom stereocenters. The van der Waals surface area contributed by atoms with Gasteiger partial charge in [-0.2, -0.15) is 0 Å². The molecule has 1 aromatic carbocycles. The lowest BCUT2D eigenvalue weighted by atomic mass is 9.83. The van der Waals surface area contributed by atoms with Crippen molar-refractivity contribution in [1.82, 2.24) is 19.6 Å². The lowest BCUT2D eigenvalue weighted by Crippen LogP contribution is -2.54. The summed E-state index contributed by atoms with van der Waals surface area (Å²) < 4.78 is 12.0. The van der Waals surface area contributed by atoms with Crippen LogP contribution in [0.3, 0.4) is 0 Å². The van der Waals surface area contributed by atoms with Crippen LogP contribution in [-0.4, -0.2) is 144 Å². The predicted octanol–water partition coefficient (Wildman–Crippen LogP) is 6.23. The molecule has 66 heavy (non-hydrogen) atoms. The number of carbonyl (C=O) groups excluding carboxylic acids is 7. The SMILES string of the molecule is CC[C@H](C)[C@@H]([C@@H](CC(=O)N1CCC[C@H]1[C@H](OC)[C@@H](C)C(=O)C[C@@H](Cc1ccccc1)C(=O)O)OC)N(C)C(=O)[C@@H](CC(=O)[C@H](C(C)C)N(C)C(=O)CCCCCN1C(=O)CCC1=O)C(C)C. The number of carboxylic acids is 1. The van der Waals surface area contributed by atoms with Gasteiger partial charge in [0.05, 0.1) is 42.7 Å². The Balaban J connectivity index is 1.71. The number of ketones is 2. The topological polar surface area (TPSA) is 188 Å². The number of unbranched alkanes of at least 4 members (excludes halogenated alkanes) is 2. The second kappa shape index (κ2) is 26.7. The fraction of sp³-hybridized carbons (Fsp3) is 0.725. The quantitative estimate of drug-likeness (QED) is 0.0709. The van der Waals surface area contributed by atoms with Gasteiger partial charge in [0.2, 0.25) is 29.5 Å². The molecule has 0 spiro atoms. The first-order valence-corrected chi connectivity index (χ1v) is 24.2. The number of methoxy groups -OCH3 is 2. The van der Waals surface area contributed by atoms with Crippen molar-refractivity contribution in [2.45, 2.75) is 162 Å². The van der Waals surface area contributed by atoms with Crippen LogP contribution in [0.4, 0.5) is 0 Å². The minimum atomic E-state index is -1.05. The number of benzene rings is 1. The van der Waals surface area contributed by atoms with E-state index in [0.29, 0.717) is 51.6 Å². The average Bonchev–Trinajstić information content (AvgIpc) is 3.89. The van der Waals surface area contributed by atoms with Gasteiger partial charge in [-0.25, -0.2) is 0 Å². The van der Waals surface area contributed by atoms with Crippen molar-refractivity contribution in [2.75, 3.05) is 41.4 Å². The van der Waals surface area contributed by atoms with E-state index in [1.54, 1.807) is 30.8 Å². The Hall–Kier alpha value is -4.50. The standard InChI is InChI=1S/C51H80N4O11/c1-12-34(6)48(42(65-10)31-46(61)54-27-19-22-39(54)49(66-11)35(7)40(56)29-37(51(63)64)28-36-20-15-13-16-21-36)53(9)50(62)38(32(2)3)30-41(57)47(33(4)5)52(8)43(58)23-17-14-18-26-55-44(59)24-25-45(55)60/h13,15-16,20-21,32-35,37-39,42,47-49H,12,14,17-19,22-31H2,1-11H3,(H,63,64)/t34-,35-,37+,38-,39-,42+,47-,48-,49+/m0/s1. The Kier molecular flexibility index (Phi) is 22.6. The molecule has 0 aromatic heterocycles. The summed E-state index contributed by atoms with van der Waals surface area (Å²) in [7, 11) is 6.37. The minimum absolute atomic E-state index is 0.0430. The second-order valence-corrected chi connectivity index (χ2v) is 19.4. The Morgan fingerprint density at radius 3 is 1.98 bits per heavy atom. The lowest BCUT2D eigenvalue weighted by Gasteiger charge is -2.41. The van der Waals surface area contributed by atoms with Gasteiger partial charge in [0.1, 0.15) is 5.78 Å². The van der Waals surface area contributed by atoms with Crippen molar-refractivity contribution in [3.05, 3.63) is 35.9 Å². The molecule has 0 bridgehead atoms. The van der Waals surface area contributed by atoms with Crippen molar-refractivity contribution in [1.29, 1.82) is 0 Å². The van der Waals surface area contributed by atoms with E-state index in [4.69, 9.17) is 9.47 Å². The maximum atomic E-state index is 14.6. The maximum Gasteiger partial charge on any atom is 0.307 e. The van der Waals surface area contributed by atoms with E-state index >= 15 is 0 Å². The molecule has 0 aliphatic carbocycles. The second-order valence-electron chi connectivity index (χ2n) is 19.4. The lowest BCUT2D eigenvalue weighted by molar-refractivity contribution is -0.150. The Morgan fingerprint density at radius 2 is 1.44 bits per heavy atom. The number of amides is 5. The third-order valence-corrected chi connectivity index (χ3v) is 14.2. The molecule has 1 N–H and O–H groups in total. The van der Waals surface area contributed by atoms with E-state index in [2.05, 4.69) is 0 Å². The van der Waals surface area contributed by atoms with Gasteiger partial charge in [-0.15, -0.1) is 0 Å². The molecule has 1 aromatic rings. The Morgan fingerprint density at radius 1 is 0.803 bits per heavy atom. The van der Waals surface area contributed by atoms with Crippen LogP contribution in [0.1, 0.15) is 131 Å².